The molecule has 4 heteroatoms. The predicted molar refractivity (Wildman–Crippen MR) is 50.1 cm³/mol. The largest absolute Gasteiger partial charge is 0.380 e. The van der Waals surface area contributed by atoms with E-state index in [1.165, 1.54) is 7.11 Å². The molecule has 2 nitrogen and oxygen atoms in total. The SMILES string of the molecule is COCc1ccccc1C(N)C(F)F. The van der Waals surface area contributed by atoms with E-state index in [1.54, 1.807) is 24.3 Å². The number of ether oxygens (including phenoxy) is 1. The van der Waals surface area contributed by atoms with E-state index in [0.29, 0.717) is 17.7 Å². The highest BCUT2D eigenvalue weighted by Gasteiger charge is 2.19. The van der Waals surface area contributed by atoms with Gasteiger partial charge < -0.3 is 10.5 Å². The molecule has 0 saturated heterocycles. The highest BCUT2D eigenvalue weighted by Crippen LogP contribution is 2.22. The Bertz CT molecular complexity index is 291. The zero-order valence-electron chi connectivity index (χ0n) is 7.91. The molecule has 0 aromatic heterocycles. The van der Waals surface area contributed by atoms with Gasteiger partial charge in [0.2, 0.25) is 0 Å². The molecule has 1 atom stereocenters. The molecule has 1 rings (SSSR count). The van der Waals surface area contributed by atoms with Gasteiger partial charge in [-0.25, -0.2) is 8.78 Å². The zero-order valence-corrected chi connectivity index (χ0v) is 7.91. The van der Waals surface area contributed by atoms with Gasteiger partial charge in [-0.1, -0.05) is 24.3 Å². The van der Waals surface area contributed by atoms with E-state index in [-0.39, 0.29) is 0 Å². The Hall–Kier alpha value is -1.00. The van der Waals surface area contributed by atoms with Gasteiger partial charge >= 0.3 is 0 Å². The second-order valence-corrected chi connectivity index (χ2v) is 2.99. The minimum Gasteiger partial charge on any atom is -0.380 e. The lowest BCUT2D eigenvalue weighted by Crippen LogP contribution is -2.20. The van der Waals surface area contributed by atoms with Crippen LogP contribution in [-0.2, 0) is 11.3 Å². The van der Waals surface area contributed by atoms with E-state index in [2.05, 4.69) is 0 Å². The summed E-state index contributed by atoms with van der Waals surface area (Å²) in [5.41, 5.74) is 6.52. The fourth-order valence-corrected chi connectivity index (χ4v) is 1.28. The second kappa shape index (κ2) is 5.02. The molecule has 2 N–H and O–H groups in total. The van der Waals surface area contributed by atoms with E-state index in [1.807, 2.05) is 0 Å². The van der Waals surface area contributed by atoms with Crippen molar-refractivity contribution >= 4 is 0 Å². The summed E-state index contributed by atoms with van der Waals surface area (Å²) in [6.45, 7) is 0.302. The minimum atomic E-state index is -2.55. The number of hydrogen-bond acceptors (Lipinski definition) is 2. The summed E-state index contributed by atoms with van der Waals surface area (Å²) in [4.78, 5) is 0. The summed E-state index contributed by atoms with van der Waals surface area (Å²) >= 11 is 0. The normalized spacial score (nSPS) is 13.2. The van der Waals surface area contributed by atoms with Crippen LogP contribution in [0.4, 0.5) is 8.78 Å². The van der Waals surface area contributed by atoms with Crippen LogP contribution in [-0.4, -0.2) is 13.5 Å². The summed E-state index contributed by atoms with van der Waals surface area (Å²) in [5.74, 6) is 0. The Labute approximate surface area is 81.7 Å². The molecule has 0 aliphatic heterocycles. The van der Waals surface area contributed by atoms with Gasteiger partial charge in [0.1, 0.15) is 0 Å². The fraction of sp³-hybridized carbons (Fsp3) is 0.400. The highest BCUT2D eigenvalue weighted by molar-refractivity contribution is 5.29. The van der Waals surface area contributed by atoms with Gasteiger partial charge in [-0.2, -0.15) is 0 Å². The first-order chi connectivity index (χ1) is 6.66. The molecule has 0 aliphatic carbocycles. The maximum absolute atomic E-state index is 12.4. The summed E-state index contributed by atoms with van der Waals surface area (Å²) < 4.78 is 29.6. The summed E-state index contributed by atoms with van der Waals surface area (Å²) in [5, 5.41) is 0. The number of nitrogens with two attached hydrogens (primary N) is 1. The molecular weight excluding hydrogens is 188 g/mol. The number of hydrogen-bond donors (Lipinski definition) is 1. The van der Waals surface area contributed by atoms with Gasteiger partial charge in [-0.05, 0) is 11.1 Å². The standard InChI is InChI=1S/C10H13F2NO/c1-14-6-7-4-2-3-5-8(7)9(13)10(11)12/h2-5,9-10H,6,13H2,1H3. The van der Waals surface area contributed by atoms with Crippen molar-refractivity contribution in [3.8, 4) is 0 Å². The van der Waals surface area contributed by atoms with Gasteiger partial charge in [-0.15, -0.1) is 0 Å². The lowest BCUT2D eigenvalue weighted by Gasteiger charge is -2.14. The van der Waals surface area contributed by atoms with Crippen LogP contribution >= 0.6 is 0 Å². The molecule has 78 valence electrons. The lowest BCUT2D eigenvalue weighted by molar-refractivity contribution is 0.114. The molecule has 1 aromatic rings. The Kier molecular flexibility index (Phi) is 3.98. The van der Waals surface area contributed by atoms with Crippen molar-refractivity contribution in [2.75, 3.05) is 7.11 Å². The first-order valence-corrected chi connectivity index (χ1v) is 4.27. The Balaban J connectivity index is 2.94. The first-order valence-electron chi connectivity index (χ1n) is 4.27. The Morgan fingerprint density at radius 2 is 2.00 bits per heavy atom. The zero-order chi connectivity index (χ0) is 10.6. The van der Waals surface area contributed by atoms with E-state index < -0.39 is 12.5 Å². The quantitative estimate of drug-likeness (QED) is 0.809. The average Bonchev–Trinajstić information content (AvgIpc) is 2.18. The van der Waals surface area contributed by atoms with Crippen LogP contribution < -0.4 is 5.73 Å². The van der Waals surface area contributed by atoms with Crippen LogP contribution in [0, 0.1) is 0 Å². The van der Waals surface area contributed by atoms with Crippen molar-refractivity contribution in [2.45, 2.75) is 19.1 Å². The van der Waals surface area contributed by atoms with E-state index in [9.17, 15) is 8.78 Å². The predicted octanol–water partition coefficient (Wildman–Crippen LogP) is 2.10. The third-order valence-electron chi connectivity index (χ3n) is 1.99. The van der Waals surface area contributed by atoms with Crippen molar-refractivity contribution in [2.24, 2.45) is 5.73 Å². The third kappa shape index (κ3) is 2.49. The molecular formula is C10H13F2NO. The molecule has 0 bridgehead atoms. The van der Waals surface area contributed by atoms with E-state index in [4.69, 9.17) is 10.5 Å². The number of benzene rings is 1. The van der Waals surface area contributed by atoms with Crippen LogP contribution in [0.25, 0.3) is 0 Å². The maximum Gasteiger partial charge on any atom is 0.257 e. The third-order valence-corrected chi connectivity index (χ3v) is 1.99. The van der Waals surface area contributed by atoms with Crippen LogP contribution in [0.15, 0.2) is 24.3 Å². The molecule has 0 fully saturated rings. The number of halogens is 2. The molecule has 1 aromatic carbocycles. The molecule has 14 heavy (non-hydrogen) atoms. The monoisotopic (exact) mass is 201 g/mol. The van der Waals surface area contributed by atoms with Gasteiger partial charge in [0.05, 0.1) is 12.6 Å². The molecule has 0 radical (unpaired) electrons. The molecule has 0 spiro atoms. The summed E-state index contributed by atoms with van der Waals surface area (Å²) in [6, 6.07) is 5.57. The molecule has 0 heterocycles. The average molecular weight is 201 g/mol. The summed E-state index contributed by atoms with van der Waals surface area (Å²) in [6.07, 6.45) is -2.55. The minimum absolute atomic E-state index is 0.302. The highest BCUT2D eigenvalue weighted by atomic mass is 19.3. The van der Waals surface area contributed by atoms with Crippen molar-refractivity contribution in [1.82, 2.24) is 0 Å². The Morgan fingerprint density at radius 1 is 1.36 bits per heavy atom. The van der Waals surface area contributed by atoms with Crippen molar-refractivity contribution in [3.05, 3.63) is 35.4 Å². The van der Waals surface area contributed by atoms with Crippen molar-refractivity contribution < 1.29 is 13.5 Å². The first kappa shape index (κ1) is 11.1. The van der Waals surface area contributed by atoms with E-state index in [0.717, 1.165) is 0 Å². The summed E-state index contributed by atoms with van der Waals surface area (Å²) in [7, 11) is 1.52. The van der Waals surface area contributed by atoms with Crippen LogP contribution in [0.1, 0.15) is 17.2 Å². The maximum atomic E-state index is 12.4. The number of alkyl halides is 2. The number of methoxy groups -OCH3 is 1. The van der Waals surface area contributed by atoms with Crippen LogP contribution in [0.5, 0.6) is 0 Å². The Morgan fingerprint density at radius 3 is 2.57 bits per heavy atom. The molecule has 0 aliphatic rings. The van der Waals surface area contributed by atoms with Gasteiger partial charge in [0.15, 0.2) is 0 Å². The van der Waals surface area contributed by atoms with Crippen molar-refractivity contribution in [3.63, 3.8) is 0 Å². The number of rotatable bonds is 4. The van der Waals surface area contributed by atoms with E-state index >= 15 is 0 Å². The van der Waals surface area contributed by atoms with Crippen LogP contribution in [0.3, 0.4) is 0 Å². The van der Waals surface area contributed by atoms with Gasteiger partial charge in [0, 0.05) is 7.11 Å². The molecule has 0 amide bonds. The van der Waals surface area contributed by atoms with Gasteiger partial charge in [0.25, 0.3) is 6.43 Å². The van der Waals surface area contributed by atoms with Crippen LogP contribution in [0.2, 0.25) is 0 Å². The molecule has 0 saturated carbocycles. The molecule has 1 unspecified atom stereocenters. The second-order valence-electron chi connectivity index (χ2n) is 2.99. The topological polar surface area (TPSA) is 35.2 Å². The lowest BCUT2D eigenvalue weighted by atomic mass is 10.0. The smallest absolute Gasteiger partial charge is 0.257 e. The van der Waals surface area contributed by atoms with Crippen molar-refractivity contribution in [1.29, 1.82) is 0 Å². The fourth-order valence-electron chi connectivity index (χ4n) is 1.28. The van der Waals surface area contributed by atoms with Gasteiger partial charge in [-0.3, -0.25) is 0 Å².